The van der Waals surface area contributed by atoms with E-state index in [9.17, 15) is 4.21 Å². The molecule has 0 saturated heterocycles. The lowest BCUT2D eigenvalue weighted by Crippen LogP contribution is -2.18. The van der Waals surface area contributed by atoms with Gasteiger partial charge in [0.25, 0.3) is 0 Å². The molecule has 4 aromatic rings. The van der Waals surface area contributed by atoms with Crippen LogP contribution in [0.15, 0.2) is 64.2 Å². The summed E-state index contributed by atoms with van der Waals surface area (Å²) in [4.78, 5) is 11.7. The quantitative estimate of drug-likeness (QED) is 0.560. The van der Waals surface area contributed by atoms with Crippen LogP contribution in [0.25, 0.3) is 22.1 Å². The number of hydrogen-bond donors (Lipinski definition) is 0. The summed E-state index contributed by atoms with van der Waals surface area (Å²) in [6, 6.07) is 15.6. The molecule has 5 nitrogen and oxygen atoms in total. The first-order valence-electron chi connectivity index (χ1n) is 7.89. The van der Waals surface area contributed by atoms with Crippen LogP contribution >= 0.6 is 0 Å². The van der Waals surface area contributed by atoms with Crippen molar-refractivity contribution < 1.29 is 8.63 Å². The highest BCUT2D eigenvalue weighted by atomic mass is 32.2. The molecule has 0 spiro atoms. The van der Waals surface area contributed by atoms with Gasteiger partial charge in [-0.05, 0) is 29.8 Å². The molecule has 2 aromatic carbocycles. The fourth-order valence-electron chi connectivity index (χ4n) is 2.92. The van der Waals surface area contributed by atoms with Gasteiger partial charge in [-0.2, -0.15) is 0 Å². The molecule has 2 heterocycles. The Morgan fingerprint density at radius 2 is 1.84 bits per heavy atom. The Bertz CT molecular complexity index is 1070. The minimum absolute atomic E-state index is 0.666. The molecule has 25 heavy (non-hydrogen) atoms. The molecule has 0 saturated carbocycles. The molecule has 0 bridgehead atoms. The van der Waals surface area contributed by atoms with Gasteiger partial charge in [0.05, 0.1) is 0 Å². The highest BCUT2D eigenvalue weighted by molar-refractivity contribution is 7.84. The average molecular weight is 351 g/mol. The summed E-state index contributed by atoms with van der Waals surface area (Å²) in [5, 5.41) is 0.990. The third-order valence-corrected chi connectivity index (χ3v) is 5.11. The van der Waals surface area contributed by atoms with Crippen molar-refractivity contribution in [2.24, 2.45) is 0 Å². The van der Waals surface area contributed by atoms with Crippen LogP contribution in [-0.2, 0) is 17.3 Å². The predicted octanol–water partition coefficient (Wildman–Crippen LogP) is 3.75. The van der Waals surface area contributed by atoms with Crippen molar-refractivity contribution in [3.63, 3.8) is 0 Å². The lowest BCUT2D eigenvalue weighted by molar-refractivity contribution is 0.662. The zero-order chi connectivity index (χ0) is 17.4. The summed E-state index contributed by atoms with van der Waals surface area (Å²) in [5.41, 5.74) is 3.43. The number of para-hydroxylation sites is 1. The first-order chi connectivity index (χ1) is 12.1. The van der Waals surface area contributed by atoms with E-state index in [1.807, 2.05) is 60.5 Å². The Labute approximate surface area is 147 Å². The standard InChI is InChI=1S/C19H17N3O2S/c1-22(11-13-7-9-14(10-8-13)25(2)23)19-18-17(20-12-21-19)15-5-3-4-6-16(15)24-18/h3-10,12H,11H2,1-2H3/t25-/m0/s1. The van der Waals surface area contributed by atoms with Crippen molar-refractivity contribution >= 4 is 38.7 Å². The van der Waals surface area contributed by atoms with Crippen LogP contribution in [0.1, 0.15) is 5.56 Å². The largest absolute Gasteiger partial charge is 0.450 e. The summed E-state index contributed by atoms with van der Waals surface area (Å²) >= 11 is 0. The van der Waals surface area contributed by atoms with E-state index < -0.39 is 10.8 Å². The molecule has 0 aliphatic heterocycles. The molecular weight excluding hydrogens is 334 g/mol. The van der Waals surface area contributed by atoms with E-state index in [1.54, 1.807) is 12.6 Å². The number of hydrogen-bond acceptors (Lipinski definition) is 5. The van der Waals surface area contributed by atoms with Crippen LogP contribution in [0.2, 0.25) is 0 Å². The molecule has 2 aromatic heterocycles. The fourth-order valence-corrected chi connectivity index (χ4v) is 3.44. The van der Waals surface area contributed by atoms with E-state index in [0.717, 1.165) is 32.8 Å². The Morgan fingerprint density at radius 3 is 2.60 bits per heavy atom. The highest BCUT2D eigenvalue weighted by Crippen LogP contribution is 2.32. The Hall–Kier alpha value is -2.73. The molecule has 0 aliphatic rings. The maximum absolute atomic E-state index is 11.5. The van der Waals surface area contributed by atoms with Crippen LogP contribution in [0, 0.1) is 0 Å². The van der Waals surface area contributed by atoms with Gasteiger partial charge >= 0.3 is 0 Å². The van der Waals surface area contributed by atoms with E-state index in [1.165, 1.54) is 0 Å². The monoisotopic (exact) mass is 351 g/mol. The van der Waals surface area contributed by atoms with Gasteiger partial charge < -0.3 is 9.32 Å². The molecule has 4 rings (SSSR count). The van der Waals surface area contributed by atoms with E-state index in [-0.39, 0.29) is 0 Å². The molecule has 0 N–H and O–H groups in total. The van der Waals surface area contributed by atoms with Crippen molar-refractivity contribution in [2.45, 2.75) is 11.4 Å². The van der Waals surface area contributed by atoms with Gasteiger partial charge in [0, 0.05) is 40.9 Å². The third kappa shape index (κ3) is 2.89. The van der Waals surface area contributed by atoms with Crippen LogP contribution in [0.3, 0.4) is 0 Å². The molecular formula is C19H17N3O2S. The van der Waals surface area contributed by atoms with E-state index in [4.69, 9.17) is 4.42 Å². The van der Waals surface area contributed by atoms with Crippen LogP contribution in [0.4, 0.5) is 5.82 Å². The number of aromatic nitrogens is 2. The minimum atomic E-state index is -0.963. The summed E-state index contributed by atoms with van der Waals surface area (Å²) in [6.45, 7) is 0.666. The van der Waals surface area contributed by atoms with Crippen molar-refractivity contribution in [3.05, 3.63) is 60.4 Å². The number of anilines is 1. The minimum Gasteiger partial charge on any atom is -0.450 e. The van der Waals surface area contributed by atoms with E-state index in [0.29, 0.717) is 12.1 Å². The maximum atomic E-state index is 11.5. The predicted molar refractivity (Wildman–Crippen MR) is 100 cm³/mol. The topological polar surface area (TPSA) is 59.2 Å². The summed E-state index contributed by atoms with van der Waals surface area (Å²) in [7, 11) is 1.01. The van der Waals surface area contributed by atoms with Crippen molar-refractivity contribution in [1.29, 1.82) is 0 Å². The Morgan fingerprint density at radius 1 is 1.08 bits per heavy atom. The average Bonchev–Trinajstić information content (AvgIpc) is 3.00. The maximum Gasteiger partial charge on any atom is 0.196 e. The number of benzene rings is 2. The lowest BCUT2D eigenvalue weighted by atomic mass is 10.2. The van der Waals surface area contributed by atoms with Gasteiger partial charge in [0.2, 0.25) is 0 Å². The second-order valence-electron chi connectivity index (χ2n) is 5.93. The first kappa shape index (κ1) is 15.8. The lowest BCUT2D eigenvalue weighted by Gasteiger charge is -2.18. The molecule has 0 amide bonds. The summed E-state index contributed by atoms with van der Waals surface area (Å²) < 4.78 is 17.5. The highest BCUT2D eigenvalue weighted by Gasteiger charge is 2.16. The van der Waals surface area contributed by atoms with Gasteiger partial charge in [0.15, 0.2) is 11.4 Å². The number of rotatable bonds is 4. The van der Waals surface area contributed by atoms with Gasteiger partial charge in [-0.1, -0.05) is 24.3 Å². The second kappa shape index (κ2) is 6.29. The smallest absolute Gasteiger partial charge is 0.196 e. The van der Waals surface area contributed by atoms with Crippen LogP contribution in [0.5, 0.6) is 0 Å². The first-order valence-corrected chi connectivity index (χ1v) is 9.45. The second-order valence-corrected chi connectivity index (χ2v) is 7.31. The van der Waals surface area contributed by atoms with Crippen molar-refractivity contribution in [2.75, 3.05) is 18.2 Å². The molecule has 0 unspecified atom stereocenters. The molecule has 0 aliphatic carbocycles. The van der Waals surface area contributed by atoms with Crippen molar-refractivity contribution in [1.82, 2.24) is 9.97 Å². The third-order valence-electron chi connectivity index (χ3n) is 4.18. The molecule has 1 atom stereocenters. The van der Waals surface area contributed by atoms with Gasteiger partial charge in [0.1, 0.15) is 17.4 Å². The van der Waals surface area contributed by atoms with Gasteiger partial charge in [-0.25, -0.2) is 9.97 Å². The van der Waals surface area contributed by atoms with E-state index >= 15 is 0 Å². The van der Waals surface area contributed by atoms with E-state index in [2.05, 4.69) is 9.97 Å². The Kier molecular flexibility index (Phi) is 3.97. The summed E-state index contributed by atoms with van der Waals surface area (Å²) in [5.74, 6) is 0.754. The summed E-state index contributed by atoms with van der Waals surface area (Å²) in [6.07, 6.45) is 3.25. The molecule has 6 heteroatoms. The SMILES string of the molecule is CN(Cc1ccc([S@](C)=O)cc1)c1ncnc2c1oc1ccccc12. The normalized spacial score (nSPS) is 12.6. The molecule has 126 valence electrons. The van der Waals surface area contributed by atoms with Gasteiger partial charge in [-0.3, -0.25) is 4.21 Å². The number of nitrogens with zero attached hydrogens (tertiary/aromatic N) is 3. The zero-order valence-corrected chi connectivity index (χ0v) is 14.8. The zero-order valence-electron chi connectivity index (χ0n) is 14.0. The van der Waals surface area contributed by atoms with Crippen LogP contribution < -0.4 is 4.90 Å². The molecule has 0 radical (unpaired) electrons. The Balaban J connectivity index is 1.70. The fraction of sp³-hybridized carbons (Fsp3) is 0.158. The molecule has 0 fully saturated rings. The number of fused-ring (bicyclic) bond motifs is 3. The van der Waals surface area contributed by atoms with Gasteiger partial charge in [-0.15, -0.1) is 0 Å². The number of furan rings is 1. The van der Waals surface area contributed by atoms with Crippen LogP contribution in [-0.4, -0.2) is 27.5 Å². The van der Waals surface area contributed by atoms with Crippen molar-refractivity contribution in [3.8, 4) is 0 Å².